The summed E-state index contributed by atoms with van der Waals surface area (Å²) in [5.41, 5.74) is 1.38. The number of hydrogen-bond donors (Lipinski definition) is 2. The number of nitrogens with one attached hydrogen (secondary N) is 1. The third-order valence-electron chi connectivity index (χ3n) is 2.87. The Morgan fingerprint density at radius 1 is 1.24 bits per heavy atom. The zero-order chi connectivity index (χ0) is 16.3. The van der Waals surface area contributed by atoms with Gasteiger partial charge in [-0.15, -0.1) is 0 Å². The third kappa shape index (κ3) is 5.93. The molecule has 1 atom stereocenters. The van der Waals surface area contributed by atoms with Gasteiger partial charge in [0.1, 0.15) is 12.4 Å². The average molecular weight is 305 g/mol. The van der Waals surface area contributed by atoms with Crippen molar-refractivity contribution in [3.63, 3.8) is 0 Å². The Bertz CT molecular complexity index is 467. The van der Waals surface area contributed by atoms with Crippen molar-refractivity contribution in [2.75, 3.05) is 6.61 Å². The monoisotopic (exact) mass is 305 g/mol. The van der Waals surface area contributed by atoms with Crippen molar-refractivity contribution in [1.29, 1.82) is 0 Å². The van der Waals surface area contributed by atoms with Gasteiger partial charge in [0.05, 0.1) is 0 Å². The van der Waals surface area contributed by atoms with Gasteiger partial charge in [0.2, 0.25) is 0 Å². The van der Waals surface area contributed by atoms with E-state index in [-0.39, 0.29) is 5.54 Å². The van der Waals surface area contributed by atoms with Crippen LogP contribution in [0.25, 0.3) is 0 Å². The fourth-order valence-electron chi connectivity index (χ4n) is 1.68. The molecule has 0 amide bonds. The number of ether oxygens (including phenoxy) is 1. The van der Waals surface area contributed by atoms with Crippen LogP contribution in [0.1, 0.15) is 31.9 Å². The number of alkyl halides is 3. The molecule has 2 N–H and O–H groups in total. The molecule has 0 saturated carbocycles. The van der Waals surface area contributed by atoms with Gasteiger partial charge in [0.25, 0.3) is 0 Å². The maximum absolute atomic E-state index is 12.3. The van der Waals surface area contributed by atoms with E-state index in [0.717, 1.165) is 11.1 Å². The number of halogens is 3. The summed E-state index contributed by atoms with van der Waals surface area (Å²) in [7, 11) is 0. The molecule has 1 aromatic carbocycles. The van der Waals surface area contributed by atoms with Gasteiger partial charge in [-0.05, 0) is 33.3 Å². The van der Waals surface area contributed by atoms with Gasteiger partial charge in [0, 0.05) is 17.6 Å². The summed E-state index contributed by atoms with van der Waals surface area (Å²) in [4.78, 5) is 0. The van der Waals surface area contributed by atoms with E-state index in [4.69, 9.17) is 9.84 Å². The highest BCUT2D eigenvalue weighted by Gasteiger charge is 2.38. The number of para-hydroxylation sites is 1. The smallest absolute Gasteiger partial charge is 0.417 e. The van der Waals surface area contributed by atoms with Gasteiger partial charge >= 0.3 is 6.18 Å². The highest BCUT2D eigenvalue weighted by atomic mass is 19.4. The zero-order valence-electron chi connectivity index (χ0n) is 12.7. The van der Waals surface area contributed by atoms with Crippen LogP contribution in [-0.4, -0.2) is 29.5 Å². The van der Waals surface area contributed by atoms with Crippen LogP contribution in [0.5, 0.6) is 5.75 Å². The van der Waals surface area contributed by atoms with Gasteiger partial charge in [-0.25, -0.2) is 0 Å². The van der Waals surface area contributed by atoms with Crippen molar-refractivity contribution in [1.82, 2.24) is 5.32 Å². The molecule has 0 radical (unpaired) electrons. The maximum atomic E-state index is 12.3. The lowest BCUT2D eigenvalue weighted by atomic mass is 10.1. The summed E-state index contributed by atoms with van der Waals surface area (Å²) >= 11 is 0. The Labute approximate surface area is 123 Å². The Morgan fingerprint density at radius 3 is 2.38 bits per heavy atom. The van der Waals surface area contributed by atoms with Gasteiger partial charge in [-0.3, -0.25) is 0 Å². The van der Waals surface area contributed by atoms with E-state index in [1.807, 2.05) is 26.8 Å². The maximum Gasteiger partial charge on any atom is 0.417 e. The van der Waals surface area contributed by atoms with E-state index in [2.05, 4.69) is 5.32 Å². The van der Waals surface area contributed by atoms with E-state index < -0.39 is 18.9 Å². The van der Waals surface area contributed by atoms with Crippen molar-refractivity contribution in [3.8, 4) is 5.75 Å². The molecule has 6 heteroatoms. The second-order valence-electron chi connectivity index (χ2n) is 6.04. The van der Waals surface area contributed by atoms with Crippen molar-refractivity contribution in [3.05, 3.63) is 29.3 Å². The van der Waals surface area contributed by atoms with Gasteiger partial charge in [-0.2, -0.15) is 13.2 Å². The summed E-state index contributed by atoms with van der Waals surface area (Å²) in [6.07, 6.45) is -7.16. The number of hydrogen-bond acceptors (Lipinski definition) is 3. The molecule has 0 aliphatic rings. The minimum Gasteiger partial charge on any atom is -0.490 e. The molecule has 120 valence electrons. The second kappa shape index (κ2) is 6.66. The molecular weight excluding hydrogens is 283 g/mol. The van der Waals surface area contributed by atoms with Crippen LogP contribution >= 0.6 is 0 Å². The fourth-order valence-corrected chi connectivity index (χ4v) is 1.68. The quantitative estimate of drug-likeness (QED) is 0.878. The standard InChI is InChI=1S/C15H22F3NO2/c1-10-6-5-7-11(8-19-14(2,3)4)13(10)21-9-12(20)15(16,17)18/h5-7,12,19-20H,8-9H2,1-4H3. The first-order valence-electron chi connectivity index (χ1n) is 6.72. The summed E-state index contributed by atoms with van der Waals surface area (Å²) in [5, 5.41) is 12.3. The molecule has 0 saturated heterocycles. The van der Waals surface area contributed by atoms with Gasteiger partial charge in [0.15, 0.2) is 6.10 Å². The summed E-state index contributed by atoms with van der Waals surface area (Å²) in [5.74, 6) is 0.387. The number of aliphatic hydroxyl groups is 1. The first kappa shape index (κ1) is 17.8. The Balaban J connectivity index is 2.81. The van der Waals surface area contributed by atoms with Crippen LogP contribution in [0.2, 0.25) is 0 Å². The molecule has 0 aliphatic carbocycles. The van der Waals surface area contributed by atoms with Crippen LogP contribution < -0.4 is 10.1 Å². The lowest BCUT2D eigenvalue weighted by molar-refractivity contribution is -0.210. The number of aliphatic hydroxyl groups excluding tert-OH is 1. The van der Waals surface area contributed by atoms with Gasteiger partial charge in [-0.1, -0.05) is 18.2 Å². The van der Waals surface area contributed by atoms with Crippen molar-refractivity contribution < 1.29 is 23.0 Å². The highest BCUT2D eigenvalue weighted by molar-refractivity contribution is 5.40. The number of benzene rings is 1. The molecule has 0 spiro atoms. The largest absolute Gasteiger partial charge is 0.490 e. The lowest BCUT2D eigenvalue weighted by Gasteiger charge is -2.23. The Hall–Kier alpha value is -1.27. The van der Waals surface area contributed by atoms with Crippen LogP contribution in [0.3, 0.4) is 0 Å². The fraction of sp³-hybridized carbons (Fsp3) is 0.600. The first-order chi connectivity index (χ1) is 9.50. The molecule has 0 heterocycles. The molecule has 0 bridgehead atoms. The van der Waals surface area contributed by atoms with Crippen LogP contribution in [0.4, 0.5) is 13.2 Å². The molecule has 3 nitrogen and oxygen atoms in total. The molecule has 0 aromatic heterocycles. The lowest BCUT2D eigenvalue weighted by Crippen LogP contribution is -2.36. The van der Waals surface area contributed by atoms with Crippen molar-refractivity contribution in [2.45, 2.75) is 52.1 Å². The van der Waals surface area contributed by atoms with E-state index >= 15 is 0 Å². The predicted octanol–water partition coefficient (Wildman–Crippen LogP) is 3.19. The molecule has 1 aromatic rings. The summed E-state index contributed by atoms with van der Waals surface area (Å²) in [6, 6.07) is 5.37. The topological polar surface area (TPSA) is 41.5 Å². The number of aryl methyl sites for hydroxylation is 1. The van der Waals surface area contributed by atoms with Crippen molar-refractivity contribution >= 4 is 0 Å². The molecule has 0 fully saturated rings. The predicted molar refractivity (Wildman–Crippen MR) is 75.3 cm³/mol. The second-order valence-corrected chi connectivity index (χ2v) is 6.04. The molecular formula is C15H22F3NO2. The Kier molecular flexibility index (Phi) is 5.64. The molecule has 21 heavy (non-hydrogen) atoms. The van der Waals surface area contributed by atoms with Gasteiger partial charge < -0.3 is 15.2 Å². The Morgan fingerprint density at radius 2 is 1.86 bits per heavy atom. The van der Waals surface area contributed by atoms with Crippen molar-refractivity contribution in [2.24, 2.45) is 0 Å². The average Bonchev–Trinajstić information content (AvgIpc) is 2.32. The van der Waals surface area contributed by atoms with E-state index in [1.165, 1.54) is 0 Å². The zero-order valence-corrected chi connectivity index (χ0v) is 12.7. The van der Waals surface area contributed by atoms with Crippen LogP contribution in [-0.2, 0) is 6.54 Å². The summed E-state index contributed by atoms with van der Waals surface area (Å²) in [6.45, 7) is 7.42. The van der Waals surface area contributed by atoms with Crippen LogP contribution in [0, 0.1) is 6.92 Å². The molecule has 0 aliphatic heterocycles. The molecule has 1 unspecified atom stereocenters. The highest BCUT2D eigenvalue weighted by Crippen LogP contribution is 2.26. The SMILES string of the molecule is Cc1cccc(CNC(C)(C)C)c1OCC(O)C(F)(F)F. The minimum absolute atomic E-state index is 0.119. The van der Waals surface area contributed by atoms with E-state index in [1.54, 1.807) is 19.1 Å². The van der Waals surface area contributed by atoms with E-state index in [9.17, 15) is 13.2 Å². The number of rotatable bonds is 5. The normalized spacial score (nSPS) is 14.1. The van der Waals surface area contributed by atoms with Crippen LogP contribution in [0.15, 0.2) is 18.2 Å². The first-order valence-corrected chi connectivity index (χ1v) is 6.72. The molecule has 1 rings (SSSR count). The third-order valence-corrected chi connectivity index (χ3v) is 2.87. The van der Waals surface area contributed by atoms with E-state index in [0.29, 0.717) is 12.3 Å². The summed E-state index contributed by atoms with van der Waals surface area (Å²) < 4.78 is 42.2. The minimum atomic E-state index is -4.67.